The minimum Gasteiger partial charge on any atom is -0.476 e. The number of pyridine rings is 1. The van der Waals surface area contributed by atoms with E-state index >= 15 is 0 Å². The average Bonchev–Trinajstić information content (AvgIpc) is 2.76. The lowest BCUT2D eigenvalue weighted by Crippen LogP contribution is -2.25. The first-order chi connectivity index (χ1) is 15.3. The Morgan fingerprint density at radius 3 is 2.55 bits per heavy atom. The molecule has 0 spiro atoms. The fourth-order valence-corrected chi connectivity index (χ4v) is 2.68. The molecule has 6 N–H and O–H groups in total. The summed E-state index contributed by atoms with van der Waals surface area (Å²) in [6.45, 7) is -0.0378. The van der Waals surface area contributed by atoms with Crippen LogP contribution in [0.15, 0.2) is 36.8 Å². The number of halogens is 4. The van der Waals surface area contributed by atoms with Gasteiger partial charge in [0.2, 0.25) is 5.88 Å². The van der Waals surface area contributed by atoms with Crippen molar-refractivity contribution >= 4 is 29.7 Å². The monoisotopic (exact) mass is 484 g/mol. The number of anilines is 2. The van der Waals surface area contributed by atoms with E-state index in [4.69, 9.17) is 16.2 Å². The first-order valence-electron chi connectivity index (χ1n) is 9.31. The predicted molar refractivity (Wildman–Crippen MR) is 116 cm³/mol. The van der Waals surface area contributed by atoms with Crippen LogP contribution in [0.1, 0.15) is 10.5 Å². The van der Waals surface area contributed by atoms with Crippen molar-refractivity contribution < 1.29 is 27.8 Å². The van der Waals surface area contributed by atoms with Crippen LogP contribution in [0.25, 0.3) is 11.3 Å². The van der Waals surface area contributed by atoms with Crippen LogP contribution < -0.4 is 21.5 Å². The van der Waals surface area contributed by atoms with E-state index in [2.05, 4.69) is 20.3 Å². The van der Waals surface area contributed by atoms with E-state index in [0.717, 1.165) is 24.3 Å². The Bertz CT molecular complexity index is 1110. The maximum absolute atomic E-state index is 14.4. The van der Waals surface area contributed by atoms with Gasteiger partial charge in [0.1, 0.15) is 29.3 Å². The molecular weight excluding hydrogens is 465 g/mol. The molecule has 0 saturated heterocycles. The second kappa shape index (κ2) is 11.4. The van der Waals surface area contributed by atoms with Crippen LogP contribution in [0.3, 0.4) is 0 Å². The third kappa shape index (κ3) is 5.86. The molecule has 1 aromatic carbocycles. The molecule has 2 aromatic heterocycles. The second-order valence-electron chi connectivity index (χ2n) is 6.64. The summed E-state index contributed by atoms with van der Waals surface area (Å²) in [6, 6.07) is 3.72. The number of hydrogen-bond acceptors (Lipinski definition) is 8. The Labute approximate surface area is 192 Å². The quantitative estimate of drug-likeness (QED) is 0.380. The van der Waals surface area contributed by atoms with Crippen LogP contribution >= 0.6 is 12.4 Å². The molecule has 176 valence electrons. The van der Waals surface area contributed by atoms with Crippen molar-refractivity contribution in [1.29, 1.82) is 0 Å². The van der Waals surface area contributed by atoms with E-state index in [0.29, 0.717) is 0 Å². The molecule has 0 aliphatic carbocycles. The van der Waals surface area contributed by atoms with Gasteiger partial charge in [0.25, 0.3) is 5.91 Å². The van der Waals surface area contributed by atoms with Crippen molar-refractivity contribution in [1.82, 2.24) is 15.0 Å². The van der Waals surface area contributed by atoms with Crippen LogP contribution in [0.5, 0.6) is 5.88 Å². The first-order valence-corrected chi connectivity index (χ1v) is 9.31. The van der Waals surface area contributed by atoms with Crippen molar-refractivity contribution in [2.24, 2.45) is 11.7 Å². The summed E-state index contributed by atoms with van der Waals surface area (Å²) in [5.41, 5.74) is 8.96. The Balaban J connectivity index is 0.00000385. The molecule has 0 fully saturated rings. The third-order valence-corrected chi connectivity index (χ3v) is 4.39. The summed E-state index contributed by atoms with van der Waals surface area (Å²) in [4.78, 5) is 24.2. The lowest BCUT2D eigenvalue weighted by Gasteiger charge is -2.15. The smallest absolute Gasteiger partial charge is 0.276 e. The normalized spacial score (nSPS) is 11.4. The number of carbonyl (C=O) groups excluding carboxylic acids is 1. The number of aromatic nitrogens is 3. The number of amides is 1. The number of aliphatic hydroxyl groups is 1. The number of nitrogen functional groups attached to an aromatic ring is 1. The van der Waals surface area contributed by atoms with Gasteiger partial charge in [0, 0.05) is 18.5 Å². The second-order valence-corrected chi connectivity index (χ2v) is 6.64. The highest BCUT2D eigenvalue weighted by molar-refractivity contribution is 6.07. The molecular formula is C20H20ClF3N6O3. The number of aliphatic hydroxyl groups excluding tert-OH is 1. The van der Waals surface area contributed by atoms with Gasteiger partial charge in [-0.25, -0.2) is 23.1 Å². The summed E-state index contributed by atoms with van der Waals surface area (Å²) >= 11 is 0. The summed E-state index contributed by atoms with van der Waals surface area (Å²) in [6.07, 6.45) is 2.40. The van der Waals surface area contributed by atoms with Crippen molar-refractivity contribution in [3.63, 3.8) is 0 Å². The van der Waals surface area contributed by atoms with Gasteiger partial charge < -0.3 is 26.6 Å². The highest BCUT2D eigenvalue weighted by atomic mass is 35.5. The molecule has 1 atom stereocenters. The molecule has 0 saturated carbocycles. The Kier molecular flexibility index (Phi) is 8.91. The third-order valence-electron chi connectivity index (χ3n) is 4.39. The van der Waals surface area contributed by atoms with E-state index in [1.807, 2.05) is 0 Å². The topological polar surface area (TPSA) is 149 Å². The minimum absolute atomic E-state index is 0. The molecule has 3 rings (SSSR count). The van der Waals surface area contributed by atoms with E-state index < -0.39 is 40.3 Å². The fourth-order valence-electron chi connectivity index (χ4n) is 2.68. The Hall–Kier alpha value is -3.48. The molecule has 0 radical (unpaired) electrons. The molecule has 9 nitrogen and oxygen atoms in total. The van der Waals surface area contributed by atoms with Crippen LogP contribution in [0, 0.1) is 23.4 Å². The minimum atomic E-state index is -1.10. The number of rotatable bonds is 8. The molecule has 3 aromatic rings. The Morgan fingerprint density at radius 1 is 1.21 bits per heavy atom. The summed E-state index contributed by atoms with van der Waals surface area (Å²) < 4.78 is 48.1. The molecule has 0 bridgehead atoms. The fraction of sp³-hybridized carbons (Fsp3) is 0.200. The highest BCUT2D eigenvalue weighted by Crippen LogP contribution is 2.29. The molecule has 0 aliphatic rings. The van der Waals surface area contributed by atoms with Gasteiger partial charge in [-0.3, -0.25) is 4.79 Å². The lowest BCUT2D eigenvalue weighted by molar-refractivity contribution is 0.102. The van der Waals surface area contributed by atoms with Crippen molar-refractivity contribution in [2.45, 2.75) is 0 Å². The van der Waals surface area contributed by atoms with Crippen LogP contribution in [-0.2, 0) is 0 Å². The van der Waals surface area contributed by atoms with Crippen LogP contribution in [0.4, 0.5) is 24.5 Å². The number of hydrogen-bond donors (Lipinski definition) is 4. The zero-order valence-electron chi connectivity index (χ0n) is 17.0. The largest absolute Gasteiger partial charge is 0.476 e. The van der Waals surface area contributed by atoms with E-state index in [-0.39, 0.29) is 55.3 Å². The summed E-state index contributed by atoms with van der Waals surface area (Å²) in [5, 5.41) is 11.6. The van der Waals surface area contributed by atoms with Gasteiger partial charge in [-0.15, -0.1) is 12.4 Å². The maximum atomic E-state index is 14.4. The van der Waals surface area contributed by atoms with Crippen molar-refractivity contribution in [3.8, 4) is 17.1 Å². The summed E-state index contributed by atoms with van der Waals surface area (Å²) in [5.74, 6) is -4.52. The Morgan fingerprint density at radius 2 is 1.91 bits per heavy atom. The van der Waals surface area contributed by atoms with E-state index in [9.17, 15) is 23.1 Å². The number of ether oxygens (including phenoxy) is 1. The van der Waals surface area contributed by atoms with Gasteiger partial charge in [0.15, 0.2) is 11.5 Å². The number of carbonyl (C=O) groups is 1. The van der Waals surface area contributed by atoms with Gasteiger partial charge in [-0.05, 0) is 12.1 Å². The predicted octanol–water partition coefficient (Wildman–Crippen LogP) is 2.16. The standard InChI is InChI=1S/C20H19F3N6O3.ClH/c21-11-2-1-3-12(22)16(11)17-13(23)4-14(25)18(29-17)19(31)28-15-6-26-9-27-20(15)32-8-10(5-24)7-30;/h1-4,6,9-10,30H,5,7-8,24-25H2,(H,28,31);1H. The lowest BCUT2D eigenvalue weighted by atomic mass is 10.1. The zero-order valence-corrected chi connectivity index (χ0v) is 17.8. The van der Waals surface area contributed by atoms with Crippen molar-refractivity contribution in [2.75, 3.05) is 30.8 Å². The SMILES string of the molecule is Cl.NCC(CO)COc1ncncc1NC(=O)c1nc(-c2c(F)cccc2F)c(F)cc1N. The van der Waals surface area contributed by atoms with Crippen LogP contribution in [-0.4, -0.2) is 45.7 Å². The first kappa shape index (κ1) is 25.8. The molecule has 1 unspecified atom stereocenters. The van der Waals surface area contributed by atoms with Crippen LogP contribution in [0.2, 0.25) is 0 Å². The molecule has 1 amide bonds. The number of nitrogens with one attached hydrogen (secondary N) is 1. The van der Waals surface area contributed by atoms with E-state index in [1.165, 1.54) is 12.5 Å². The average molecular weight is 485 g/mol. The van der Waals surface area contributed by atoms with Gasteiger partial charge in [-0.2, -0.15) is 4.98 Å². The van der Waals surface area contributed by atoms with Gasteiger partial charge in [0.05, 0.1) is 30.7 Å². The maximum Gasteiger partial charge on any atom is 0.276 e. The number of nitrogens with two attached hydrogens (primary N) is 2. The number of benzene rings is 1. The highest BCUT2D eigenvalue weighted by Gasteiger charge is 2.23. The molecule has 33 heavy (non-hydrogen) atoms. The van der Waals surface area contributed by atoms with E-state index in [1.54, 1.807) is 0 Å². The van der Waals surface area contributed by atoms with Gasteiger partial charge >= 0.3 is 0 Å². The molecule has 0 aliphatic heterocycles. The zero-order chi connectivity index (χ0) is 23.3. The number of nitrogens with zero attached hydrogens (tertiary/aromatic N) is 3. The summed E-state index contributed by atoms with van der Waals surface area (Å²) in [7, 11) is 0. The van der Waals surface area contributed by atoms with Gasteiger partial charge in [-0.1, -0.05) is 6.07 Å². The molecule has 2 heterocycles. The molecule has 13 heteroatoms. The van der Waals surface area contributed by atoms with Crippen molar-refractivity contribution in [3.05, 3.63) is 59.9 Å².